The molecule has 0 atom stereocenters. The van der Waals surface area contributed by atoms with Crippen molar-refractivity contribution in [3.8, 4) is 22.5 Å². The zero-order valence-corrected chi connectivity index (χ0v) is 25.9. The highest BCUT2D eigenvalue weighted by atomic mass is 35.5. The molecule has 228 valence electrons. The number of fused-ring (bicyclic) bond motifs is 1. The summed E-state index contributed by atoms with van der Waals surface area (Å²) in [7, 11) is 0. The molecule has 4 aromatic rings. The Bertz CT molecular complexity index is 1870. The first kappa shape index (κ1) is 30.0. The normalized spacial score (nSPS) is 15.4. The Morgan fingerprint density at radius 2 is 1.84 bits per heavy atom. The molecule has 44 heavy (non-hydrogen) atoms. The predicted octanol–water partition coefficient (Wildman–Crippen LogP) is 4.27. The number of benzene rings is 2. The van der Waals surface area contributed by atoms with E-state index in [1.165, 1.54) is 5.57 Å². The number of nitrogens with two attached hydrogens (primary N) is 1. The lowest BCUT2D eigenvalue weighted by atomic mass is 10.0. The van der Waals surface area contributed by atoms with Crippen molar-refractivity contribution in [2.45, 2.75) is 58.5 Å². The molecule has 10 heteroatoms. The predicted molar refractivity (Wildman–Crippen MR) is 172 cm³/mol. The average molecular weight is 613 g/mol. The summed E-state index contributed by atoms with van der Waals surface area (Å²) >= 11 is 6.84. The fourth-order valence-electron chi connectivity index (χ4n) is 5.74. The van der Waals surface area contributed by atoms with Crippen LogP contribution in [0.4, 0.5) is 0 Å². The molecule has 0 amide bonds. The van der Waals surface area contributed by atoms with Gasteiger partial charge in [-0.25, -0.2) is 4.99 Å². The van der Waals surface area contributed by atoms with Crippen molar-refractivity contribution < 1.29 is 9.26 Å². The quantitative estimate of drug-likeness (QED) is 0.290. The standard InChI is InChI=1S/C34H37ClN6O3/c1-3-24-8-9-26-18-29(28-11-10-25(19-30(28)35)32-37-21(2)44-40-32)34(42)41(20-23-6-4-22(5-7-23)12-15-36)33(26)39-31(24)38-27-13-16-43-17-14-27/h4-7,9-11,18-19,27,38H,3,8,12-17,20,36H2,1-2H3. The number of nitrogens with one attached hydrogen (secondary N) is 1. The van der Waals surface area contributed by atoms with Crippen molar-refractivity contribution in [2.24, 2.45) is 10.7 Å². The third-order valence-corrected chi connectivity index (χ3v) is 8.55. The molecule has 0 bridgehead atoms. The van der Waals surface area contributed by atoms with Crippen molar-refractivity contribution in [1.82, 2.24) is 20.0 Å². The van der Waals surface area contributed by atoms with Gasteiger partial charge in [0.05, 0.1) is 6.54 Å². The van der Waals surface area contributed by atoms with Crippen LogP contribution in [0.3, 0.4) is 0 Å². The van der Waals surface area contributed by atoms with Gasteiger partial charge in [0.2, 0.25) is 11.7 Å². The van der Waals surface area contributed by atoms with E-state index in [2.05, 4.69) is 52.7 Å². The molecule has 6 rings (SSSR count). The van der Waals surface area contributed by atoms with E-state index in [1.807, 2.05) is 18.2 Å². The Labute approximate surface area is 261 Å². The van der Waals surface area contributed by atoms with E-state index in [4.69, 9.17) is 31.6 Å². The molecule has 0 unspecified atom stereocenters. The van der Waals surface area contributed by atoms with Gasteiger partial charge < -0.3 is 20.3 Å². The topological polar surface area (TPSA) is 121 Å². The van der Waals surface area contributed by atoms with Crippen LogP contribution in [0.25, 0.3) is 28.6 Å². The van der Waals surface area contributed by atoms with Crippen LogP contribution in [0.1, 0.15) is 49.6 Å². The summed E-state index contributed by atoms with van der Waals surface area (Å²) in [5.41, 5.74) is 11.5. The number of rotatable bonds is 9. The molecule has 0 saturated carbocycles. The molecule has 0 aliphatic carbocycles. The lowest BCUT2D eigenvalue weighted by Crippen LogP contribution is -2.45. The molecule has 0 spiro atoms. The van der Waals surface area contributed by atoms with Crippen molar-refractivity contribution >= 4 is 17.7 Å². The first-order valence-corrected chi connectivity index (χ1v) is 15.6. The van der Waals surface area contributed by atoms with Gasteiger partial charge in [-0.2, -0.15) is 4.98 Å². The van der Waals surface area contributed by atoms with E-state index in [1.54, 1.807) is 17.6 Å². The second kappa shape index (κ2) is 13.3. The third kappa shape index (κ3) is 6.40. The van der Waals surface area contributed by atoms with Crippen molar-refractivity contribution in [2.75, 3.05) is 19.8 Å². The fraction of sp³-hybridized carbons (Fsp3) is 0.353. The summed E-state index contributed by atoms with van der Waals surface area (Å²) in [5, 5.41) is 9.02. The Balaban J connectivity index is 1.49. The Kier molecular flexibility index (Phi) is 9.07. The van der Waals surface area contributed by atoms with E-state index in [-0.39, 0.29) is 11.6 Å². The highest BCUT2D eigenvalue weighted by Crippen LogP contribution is 2.29. The molecule has 2 aromatic carbocycles. The monoisotopic (exact) mass is 612 g/mol. The van der Waals surface area contributed by atoms with Crippen molar-refractivity contribution in [3.05, 3.63) is 103 Å². The highest BCUT2D eigenvalue weighted by Gasteiger charge is 2.20. The molecule has 0 radical (unpaired) electrons. The van der Waals surface area contributed by atoms with Crippen molar-refractivity contribution in [3.63, 3.8) is 0 Å². The van der Waals surface area contributed by atoms with Gasteiger partial charge in [0.15, 0.2) is 0 Å². The largest absolute Gasteiger partial charge is 0.381 e. The van der Waals surface area contributed by atoms with E-state index >= 15 is 0 Å². The summed E-state index contributed by atoms with van der Waals surface area (Å²) < 4.78 is 12.5. The van der Waals surface area contributed by atoms with E-state index in [9.17, 15) is 4.79 Å². The number of nitrogens with zero attached hydrogens (tertiary/aromatic N) is 4. The second-order valence-electron chi connectivity index (χ2n) is 11.3. The van der Waals surface area contributed by atoms with Crippen LogP contribution in [-0.4, -0.2) is 40.5 Å². The summed E-state index contributed by atoms with van der Waals surface area (Å²) in [6.45, 7) is 6.29. The smallest absolute Gasteiger partial charge is 0.260 e. The minimum absolute atomic E-state index is 0.164. The van der Waals surface area contributed by atoms with Gasteiger partial charge in [-0.3, -0.25) is 9.36 Å². The van der Waals surface area contributed by atoms with Gasteiger partial charge in [0, 0.05) is 53.1 Å². The SMILES string of the molecule is CCC1=C(NC2CCOCC2)N=c2c(cc(-c3ccc(-c4noc(C)n4)cc3Cl)c(=O)n2Cc2ccc(CCN)cc2)=CC1. The number of ether oxygens (including phenoxy) is 1. The molecular formula is C34H37ClN6O3. The molecule has 1 fully saturated rings. The van der Waals surface area contributed by atoms with Crippen LogP contribution in [0.15, 0.2) is 74.2 Å². The van der Waals surface area contributed by atoms with Gasteiger partial charge in [-0.15, -0.1) is 0 Å². The van der Waals surface area contributed by atoms with Gasteiger partial charge in [0.25, 0.3) is 5.56 Å². The van der Waals surface area contributed by atoms with Crippen molar-refractivity contribution in [1.29, 1.82) is 0 Å². The number of hydrogen-bond acceptors (Lipinski definition) is 8. The maximum atomic E-state index is 14.4. The zero-order chi connectivity index (χ0) is 30.6. The van der Waals surface area contributed by atoms with Crippen LogP contribution in [0.2, 0.25) is 5.02 Å². The number of pyridine rings is 1. The molecule has 1 saturated heterocycles. The maximum Gasteiger partial charge on any atom is 0.260 e. The highest BCUT2D eigenvalue weighted by molar-refractivity contribution is 6.33. The Morgan fingerprint density at radius 1 is 1.07 bits per heavy atom. The van der Waals surface area contributed by atoms with Gasteiger partial charge in [-0.05, 0) is 67.5 Å². The molecule has 9 nitrogen and oxygen atoms in total. The number of aromatic nitrogens is 3. The van der Waals surface area contributed by atoms with Crippen LogP contribution < -0.4 is 27.3 Å². The second-order valence-corrected chi connectivity index (χ2v) is 11.7. The molecule has 4 heterocycles. The molecule has 3 N–H and O–H groups in total. The zero-order valence-electron chi connectivity index (χ0n) is 25.1. The molecular weight excluding hydrogens is 576 g/mol. The summed E-state index contributed by atoms with van der Waals surface area (Å²) in [6.07, 6.45) is 6.40. The van der Waals surface area contributed by atoms with Crippen LogP contribution >= 0.6 is 11.6 Å². The Hall–Kier alpha value is -4.05. The first-order valence-electron chi connectivity index (χ1n) is 15.2. The lowest BCUT2D eigenvalue weighted by molar-refractivity contribution is 0.0802. The number of aryl methyl sites for hydroxylation is 1. The minimum atomic E-state index is -0.164. The fourth-order valence-corrected chi connectivity index (χ4v) is 6.02. The molecule has 2 aromatic heterocycles. The maximum absolute atomic E-state index is 14.4. The first-order chi connectivity index (χ1) is 21.4. The molecule has 2 aliphatic rings. The summed E-state index contributed by atoms with van der Waals surface area (Å²) in [5.74, 6) is 1.77. The lowest BCUT2D eigenvalue weighted by Gasteiger charge is -2.25. The average Bonchev–Trinajstić information content (AvgIpc) is 3.39. The summed E-state index contributed by atoms with van der Waals surface area (Å²) in [6, 6.07) is 15.9. The Morgan fingerprint density at radius 3 is 2.52 bits per heavy atom. The van der Waals surface area contributed by atoms with E-state index in [0.29, 0.717) is 52.0 Å². The number of halogens is 1. The van der Waals surface area contributed by atoms with Gasteiger partial charge in [0.1, 0.15) is 11.3 Å². The van der Waals surface area contributed by atoms with E-state index in [0.717, 1.165) is 67.5 Å². The van der Waals surface area contributed by atoms with Gasteiger partial charge >= 0.3 is 0 Å². The third-order valence-electron chi connectivity index (χ3n) is 8.24. The summed E-state index contributed by atoms with van der Waals surface area (Å²) in [4.78, 5) is 23.9. The minimum Gasteiger partial charge on any atom is -0.381 e. The van der Waals surface area contributed by atoms with Gasteiger partial charge in [-0.1, -0.05) is 66.2 Å². The van der Waals surface area contributed by atoms with E-state index < -0.39 is 0 Å². The van der Waals surface area contributed by atoms with Crippen LogP contribution in [0.5, 0.6) is 0 Å². The molecule has 2 aliphatic heterocycles. The number of allylic oxidation sites excluding steroid dienone is 1. The van der Waals surface area contributed by atoms with Crippen LogP contribution in [0, 0.1) is 6.92 Å². The van der Waals surface area contributed by atoms with Crippen LogP contribution in [-0.2, 0) is 17.7 Å². The number of hydrogen-bond donors (Lipinski definition) is 2.